The van der Waals surface area contributed by atoms with E-state index in [-0.39, 0.29) is 11.9 Å². The summed E-state index contributed by atoms with van der Waals surface area (Å²) in [5.41, 5.74) is 2.25. The van der Waals surface area contributed by atoms with Gasteiger partial charge in [0.05, 0.1) is 0 Å². The largest absolute Gasteiger partial charge is 0.361 e. The number of para-hydroxylation sites is 1. The summed E-state index contributed by atoms with van der Waals surface area (Å²) in [6.07, 6.45) is 3.13. The van der Waals surface area contributed by atoms with Crippen LogP contribution in [0.5, 0.6) is 0 Å². The third-order valence-corrected chi connectivity index (χ3v) is 3.95. The Hall–Kier alpha value is -2.50. The van der Waals surface area contributed by atoms with Gasteiger partial charge in [0.2, 0.25) is 5.91 Å². The Morgan fingerprint density at radius 2 is 2.18 bits per heavy atom. The number of rotatable bonds is 6. The lowest BCUT2D eigenvalue weighted by molar-refractivity contribution is -0.121. The maximum absolute atomic E-state index is 11.9. The highest BCUT2D eigenvalue weighted by molar-refractivity contribution is 5.84. The van der Waals surface area contributed by atoms with Crippen LogP contribution in [0.1, 0.15) is 12.0 Å². The number of hydrogen-bond acceptors (Lipinski definition) is 2. The van der Waals surface area contributed by atoms with Gasteiger partial charge in [-0.1, -0.05) is 18.2 Å². The van der Waals surface area contributed by atoms with Gasteiger partial charge in [-0.05, 0) is 18.1 Å². The van der Waals surface area contributed by atoms with Crippen LogP contribution < -0.4 is 10.6 Å². The molecule has 0 spiro atoms. The number of benzene rings is 1. The zero-order valence-electron chi connectivity index (χ0n) is 12.4. The van der Waals surface area contributed by atoms with Crippen molar-refractivity contribution < 1.29 is 9.59 Å². The Morgan fingerprint density at radius 1 is 1.32 bits per heavy atom. The van der Waals surface area contributed by atoms with E-state index < -0.39 is 0 Å². The summed E-state index contributed by atoms with van der Waals surface area (Å²) in [7, 11) is 0. The molecular formula is C16H20N4O2. The van der Waals surface area contributed by atoms with Crippen LogP contribution in [0.3, 0.4) is 0 Å². The quantitative estimate of drug-likeness (QED) is 0.750. The molecule has 1 aliphatic rings. The normalized spacial score (nSPS) is 14.4. The second-order valence-electron chi connectivity index (χ2n) is 5.43. The van der Waals surface area contributed by atoms with Crippen LogP contribution in [0.4, 0.5) is 4.79 Å². The molecule has 0 atom stereocenters. The molecule has 3 amide bonds. The van der Waals surface area contributed by atoms with Crippen LogP contribution in [-0.2, 0) is 11.2 Å². The van der Waals surface area contributed by atoms with Crippen LogP contribution in [-0.4, -0.2) is 48.0 Å². The van der Waals surface area contributed by atoms with Crippen LogP contribution in [0.2, 0.25) is 0 Å². The lowest BCUT2D eigenvalue weighted by atomic mass is 10.1. The van der Waals surface area contributed by atoms with E-state index in [4.69, 9.17) is 0 Å². The zero-order valence-corrected chi connectivity index (χ0v) is 12.4. The van der Waals surface area contributed by atoms with E-state index in [0.717, 1.165) is 11.1 Å². The minimum Gasteiger partial charge on any atom is -0.361 e. The van der Waals surface area contributed by atoms with E-state index in [2.05, 4.69) is 21.7 Å². The highest BCUT2D eigenvalue weighted by Crippen LogP contribution is 2.18. The molecule has 0 bridgehead atoms. The number of aromatic amines is 1. The summed E-state index contributed by atoms with van der Waals surface area (Å²) in [6.45, 7) is 2.46. The predicted octanol–water partition coefficient (Wildman–Crippen LogP) is 1.24. The number of aryl methyl sites for hydroxylation is 1. The molecule has 116 valence electrons. The maximum atomic E-state index is 11.9. The number of nitrogens with zero attached hydrogens (tertiary/aromatic N) is 1. The lowest BCUT2D eigenvalue weighted by Crippen LogP contribution is -2.36. The molecule has 1 saturated heterocycles. The third kappa shape index (κ3) is 3.21. The van der Waals surface area contributed by atoms with Crippen molar-refractivity contribution in [2.45, 2.75) is 12.8 Å². The Balaban J connectivity index is 1.43. The van der Waals surface area contributed by atoms with E-state index in [1.165, 1.54) is 5.39 Å². The molecular weight excluding hydrogens is 280 g/mol. The minimum absolute atomic E-state index is 0.0184. The number of urea groups is 1. The first-order chi connectivity index (χ1) is 10.7. The molecule has 1 aromatic carbocycles. The molecule has 0 aliphatic carbocycles. The molecule has 6 heteroatoms. The van der Waals surface area contributed by atoms with Gasteiger partial charge in [-0.25, -0.2) is 4.79 Å². The van der Waals surface area contributed by atoms with Crippen molar-refractivity contribution in [1.82, 2.24) is 20.5 Å². The predicted molar refractivity (Wildman–Crippen MR) is 84.6 cm³/mol. The van der Waals surface area contributed by atoms with Crippen molar-refractivity contribution in [3.8, 4) is 0 Å². The maximum Gasteiger partial charge on any atom is 0.317 e. The smallest absolute Gasteiger partial charge is 0.317 e. The number of carbonyl (C=O) groups is 2. The van der Waals surface area contributed by atoms with Crippen LogP contribution in [0.15, 0.2) is 30.5 Å². The summed E-state index contributed by atoms with van der Waals surface area (Å²) >= 11 is 0. The summed E-state index contributed by atoms with van der Waals surface area (Å²) < 4.78 is 0. The Bertz CT molecular complexity index is 680. The molecule has 0 saturated carbocycles. The van der Waals surface area contributed by atoms with Crippen molar-refractivity contribution in [2.24, 2.45) is 0 Å². The van der Waals surface area contributed by atoms with Crippen molar-refractivity contribution in [3.63, 3.8) is 0 Å². The fraction of sp³-hybridized carbons (Fsp3) is 0.375. The van der Waals surface area contributed by atoms with Gasteiger partial charge >= 0.3 is 6.03 Å². The highest BCUT2D eigenvalue weighted by atomic mass is 16.2. The van der Waals surface area contributed by atoms with Gasteiger partial charge in [0.25, 0.3) is 0 Å². The molecule has 1 aromatic heterocycles. The third-order valence-electron chi connectivity index (χ3n) is 3.95. The summed E-state index contributed by atoms with van der Waals surface area (Å²) in [5.74, 6) is 0.0184. The molecule has 22 heavy (non-hydrogen) atoms. The number of aromatic nitrogens is 1. The molecule has 2 heterocycles. The van der Waals surface area contributed by atoms with Crippen molar-refractivity contribution in [2.75, 3.05) is 26.2 Å². The molecule has 1 aliphatic heterocycles. The van der Waals surface area contributed by atoms with Gasteiger partial charge < -0.3 is 20.5 Å². The van der Waals surface area contributed by atoms with E-state index >= 15 is 0 Å². The van der Waals surface area contributed by atoms with Crippen LogP contribution >= 0.6 is 0 Å². The molecule has 3 N–H and O–H groups in total. The fourth-order valence-corrected chi connectivity index (χ4v) is 2.73. The second-order valence-corrected chi connectivity index (χ2v) is 5.43. The van der Waals surface area contributed by atoms with E-state index in [1.54, 1.807) is 4.90 Å². The van der Waals surface area contributed by atoms with Gasteiger partial charge in [-0.2, -0.15) is 0 Å². The van der Waals surface area contributed by atoms with Gasteiger partial charge in [-0.3, -0.25) is 4.79 Å². The second kappa shape index (κ2) is 6.51. The highest BCUT2D eigenvalue weighted by Gasteiger charge is 2.18. The number of fused-ring (bicyclic) bond motifs is 1. The number of nitrogens with one attached hydrogen (secondary N) is 3. The molecule has 0 radical (unpaired) electrons. The first-order valence-electron chi connectivity index (χ1n) is 7.58. The van der Waals surface area contributed by atoms with E-state index in [0.29, 0.717) is 39.0 Å². The molecule has 2 aromatic rings. The van der Waals surface area contributed by atoms with Gasteiger partial charge in [0, 0.05) is 49.7 Å². The number of amides is 3. The van der Waals surface area contributed by atoms with Gasteiger partial charge in [-0.15, -0.1) is 0 Å². The standard InChI is InChI=1S/C16H20N4O2/c21-15(17-7-9-20-10-8-18-16(20)22)6-5-12-11-19-14-4-2-1-3-13(12)14/h1-4,11,19H,5-10H2,(H,17,21)(H,18,22). The van der Waals surface area contributed by atoms with Crippen LogP contribution in [0, 0.1) is 0 Å². The van der Waals surface area contributed by atoms with Crippen LogP contribution in [0.25, 0.3) is 10.9 Å². The topological polar surface area (TPSA) is 77.2 Å². The number of H-pyrrole nitrogens is 1. The Kier molecular flexibility index (Phi) is 4.27. The van der Waals surface area contributed by atoms with Crippen molar-refractivity contribution in [1.29, 1.82) is 0 Å². The summed E-state index contributed by atoms with van der Waals surface area (Å²) in [6, 6.07) is 8.03. The Morgan fingerprint density at radius 3 is 3.00 bits per heavy atom. The fourth-order valence-electron chi connectivity index (χ4n) is 2.73. The zero-order chi connectivity index (χ0) is 15.4. The van der Waals surface area contributed by atoms with Gasteiger partial charge in [0.15, 0.2) is 0 Å². The van der Waals surface area contributed by atoms with Crippen molar-refractivity contribution in [3.05, 3.63) is 36.0 Å². The SMILES string of the molecule is O=C(CCc1c[nH]c2ccccc12)NCCN1CCNC1=O. The average Bonchev–Trinajstić information content (AvgIpc) is 3.12. The van der Waals surface area contributed by atoms with E-state index in [1.807, 2.05) is 24.4 Å². The first kappa shape index (κ1) is 14.4. The number of hydrogen-bond donors (Lipinski definition) is 3. The average molecular weight is 300 g/mol. The molecule has 1 fully saturated rings. The molecule has 3 rings (SSSR count). The Labute approximate surface area is 128 Å². The minimum atomic E-state index is -0.0481. The lowest BCUT2D eigenvalue weighted by Gasteiger charge is -2.14. The van der Waals surface area contributed by atoms with Gasteiger partial charge in [0.1, 0.15) is 0 Å². The first-order valence-corrected chi connectivity index (χ1v) is 7.58. The molecule has 6 nitrogen and oxygen atoms in total. The summed E-state index contributed by atoms with van der Waals surface area (Å²) in [5, 5.41) is 6.78. The van der Waals surface area contributed by atoms with Crippen molar-refractivity contribution >= 4 is 22.8 Å². The molecule has 0 unspecified atom stereocenters. The monoisotopic (exact) mass is 300 g/mol. The summed E-state index contributed by atoms with van der Waals surface area (Å²) in [4.78, 5) is 28.2. The van der Waals surface area contributed by atoms with E-state index in [9.17, 15) is 9.59 Å². The number of carbonyl (C=O) groups excluding carboxylic acids is 2.